The normalized spacial score (nSPS) is 14.5. The van der Waals surface area contributed by atoms with Gasteiger partial charge >= 0.3 is 24.0 Å². The molecular weight excluding hydrogens is 1650 g/mol. The lowest BCUT2D eigenvalue weighted by molar-refractivity contribution is -0.144. The summed E-state index contributed by atoms with van der Waals surface area (Å²) in [4.78, 5) is 130. The van der Waals surface area contributed by atoms with Crippen LogP contribution in [0.1, 0.15) is 207 Å². The molecule has 15 rings (SSSR count). The number of para-hydroxylation sites is 3. The lowest BCUT2D eigenvalue weighted by Gasteiger charge is -2.25. The van der Waals surface area contributed by atoms with Crippen molar-refractivity contribution in [3.8, 4) is 17.1 Å². The second kappa shape index (κ2) is 45.9. The maximum atomic E-state index is 14.4. The van der Waals surface area contributed by atoms with E-state index in [1.165, 1.54) is 23.6 Å². The highest BCUT2D eigenvalue weighted by Gasteiger charge is 2.30. The number of carbonyl (C=O) groups is 4. The summed E-state index contributed by atoms with van der Waals surface area (Å²) in [5, 5.41) is 18.1. The fraction of sp³-hybridized carbons (Fsp3) is 0.404. The number of hydrogen-bond donors (Lipinski definition) is 6. The second-order valence-electron chi connectivity index (χ2n) is 31.3. The molecule has 33 nitrogen and oxygen atoms in total. The zero-order valence-corrected chi connectivity index (χ0v) is 74.6. The van der Waals surface area contributed by atoms with Crippen molar-refractivity contribution in [3.63, 3.8) is 0 Å². The molecule has 0 bridgehead atoms. The SMILES string of the molecule is CCOC(=O)CCCNc1cccc2nc([C@@H](N)CC)n(-c3ccccc3)c(=O)c12.CCOC(=O)CCCNc1cccc2nc([C@H](CC)NC(=O)OC(C)(C)C)n(-c3ccccc3)c(=O)c12.CCOC(=O)CCCNc1cccc2nc([C@H](CC)Nc3ncnc4c3ncn4C3CCCCO3)n(-c3ccccc3)c(=O)c12.Clc1ncnc2c1ncn2C1CCCCO1. The van der Waals surface area contributed by atoms with Crippen molar-refractivity contribution in [2.24, 2.45) is 5.73 Å². The lowest BCUT2D eigenvalue weighted by Crippen LogP contribution is -2.37. The van der Waals surface area contributed by atoms with Gasteiger partial charge in [0, 0.05) is 69.2 Å². The third-order valence-corrected chi connectivity index (χ3v) is 21.4. The van der Waals surface area contributed by atoms with Crippen molar-refractivity contribution < 1.29 is 47.6 Å². The van der Waals surface area contributed by atoms with E-state index in [1.54, 1.807) is 69.4 Å². The average Bonchev–Trinajstić information content (AvgIpc) is 1.12. The molecule has 2 aliphatic heterocycles. The van der Waals surface area contributed by atoms with Crippen LogP contribution in [-0.4, -0.2) is 150 Å². The number of rotatable bonds is 32. The molecule has 2 fully saturated rings. The highest BCUT2D eigenvalue weighted by Crippen LogP contribution is 2.34. The molecule has 7 aromatic heterocycles. The van der Waals surface area contributed by atoms with Crippen molar-refractivity contribution in [2.45, 2.75) is 195 Å². The third-order valence-electron chi connectivity index (χ3n) is 21.2. The number of fused-ring (bicyclic) bond motifs is 5. The fourth-order valence-electron chi connectivity index (χ4n) is 15.0. The van der Waals surface area contributed by atoms with Crippen LogP contribution < -0.4 is 49.0 Å². The van der Waals surface area contributed by atoms with E-state index in [2.05, 4.69) is 56.5 Å². The first kappa shape index (κ1) is 94.0. The van der Waals surface area contributed by atoms with E-state index < -0.39 is 17.7 Å². The summed E-state index contributed by atoms with van der Waals surface area (Å²) < 4.78 is 40.8. The van der Waals surface area contributed by atoms with Crippen LogP contribution in [0.4, 0.5) is 27.7 Å². The number of halogens is 1. The standard InChI is InChI=1S/C33H38N8O4.C28H36N4O5.C23H28N4O3.C10H11ClN4O/c1-3-23(38-30-29-32(36-20-35-30)40(21-37-29)26-16-8-9-19-45-26)31-39-25-15-10-14-24(34-18-11-17-27(42)44-4-2)28(25)33(43)41(31)22-12-6-5-7-13-22;1-6-20(31-27(35)37-28(3,4)5)25-30-22-16-11-15-21(29-18-12-17-23(33)36-7-2)24(22)26(34)32(25)19-13-9-8-10-14-19;1-3-17(24)22-26-19-13-8-12-18(25-15-9-14-20(28)30-4-2)21(19)23(29)27(22)16-10-6-5-7-11-16;11-9-8-10(13-5-12-9)15(6-14-8)7-3-1-2-4-16-7/h5-7,10,12-15,20-21,23,26,34H,3-4,8-9,11,16-19H2,1-2H3,(H,35,36,38);8-11,13-16,20,29H,6-7,12,17-18H2,1-5H3,(H,31,35);5-8,10-13,17,25H,3-4,9,14-15,24H2,1-2H3;5-7H,1-4H2/t23-,26?;20-;17-;/m000./s1. The third kappa shape index (κ3) is 23.8. The van der Waals surface area contributed by atoms with Gasteiger partial charge in [0.05, 0.1) is 100 Å². The van der Waals surface area contributed by atoms with Crippen LogP contribution in [0.3, 0.4) is 0 Å². The Morgan fingerprint density at radius 1 is 0.477 bits per heavy atom. The fourth-order valence-corrected chi connectivity index (χ4v) is 15.2. The van der Waals surface area contributed by atoms with Crippen LogP contribution in [0.5, 0.6) is 0 Å². The molecular formula is C94H113ClN20O13. The summed E-state index contributed by atoms with van der Waals surface area (Å²) in [6, 6.07) is 43.4. The van der Waals surface area contributed by atoms with E-state index in [-0.39, 0.29) is 65.5 Å². The van der Waals surface area contributed by atoms with Gasteiger partial charge in [-0.1, -0.05) is 105 Å². The Labute approximate surface area is 746 Å². The zero-order valence-electron chi connectivity index (χ0n) is 73.8. The number of benzene rings is 6. The topological polar surface area (TPSA) is 402 Å². The van der Waals surface area contributed by atoms with Crippen LogP contribution in [0.25, 0.3) is 72.1 Å². The first-order valence-electron chi connectivity index (χ1n) is 43.9. The minimum absolute atomic E-state index is 0.0321. The molecule has 674 valence electrons. The maximum Gasteiger partial charge on any atom is 0.408 e. The largest absolute Gasteiger partial charge is 0.466 e. The van der Waals surface area contributed by atoms with E-state index in [1.807, 2.05) is 169 Å². The molecule has 2 unspecified atom stereocenters. The predicted molar refractivity (Wildman–Crippen MR) is 495 cm³/mol. The molecule has 0 saturated carbocycles. The summed E-state index contributed by atoms with van der Waals surface area (Å²) in [5.74, 6) is 1.38. The van der Waals surface area contributed by atoms with E-state index in [0.29, 0.717) is 204 Å². The van der Waals surface area contributed by atoms with Crippen molar-refractivity contribution >= 4 is 114 Å². The van der Waals surface area contributed by atoms with E-state index in [4.69, 9.17) is 60.7 Å². The molecule has 0 radical (unpaired) electrons. The Kier molecular flexibility index (Phi) is 33.7. The van der Waals surface area contributed by atoms with Crippen molar-refractivity contribution in [1.82, 2.24) is 73.0 Å². The number of amides is 1. The van der Waals surface area contributed by atoms with Gasteiger partial charge in [-0.2, -0.15) is 0 Å². The molecule has 9 heterocycles. The molecule has 0 aliphatic carbocycles. The van der Waals surface area contributed by atoms with Crippen LogP contribution in [0.2, 0.25) is 5.15 Å². The molecule has 0 spiro atoms. The van der Waals surface area contributed by atoms with Gasteiger partial charge in [0.25, 0.3) is 16.7 Å². The smallest absolute Gasteiger partial charge is 0.408 e. The molecule has 2 aliphatic rings. The van der Waals surface area contributed by atoms with Crippen LogP contribution in [0, 0.1) is 0 Å². The second-order valence-corrected chi connectivity index (χ2v) is 31.7. The van der Waals surface area contributed by atoms with Crippen LogP contribution >= 0.6 is 11.6 Å². The molecule has 6 aromatic carbocycles. The average molecular weight is 1770 g/mol. The zero-order chi connectivity index (χ0) is 90.6. The van der Waals surface area contributed by atoms with Gasteiger partial charge in [-0.15, -0.1) is 0 Å². The Morgan fingerprint density at radius 3 is 1.26 bits per heavy atom. The van der Waals surface area contributed by atoms with E-state index in [0.717, 1.165) is 50.0 Å². The molecule has 128 heavy (non-hydrogen) atoms. The van der Waals surface area contributed by atoms with E-state index >= 15 is 0 Å². The van der Waals surface area contributed by atoms with Crippen LogP contribution in [-0.2, 0) is 42.8 Å². The number of hydrogen-bond acceptors (Lipinski definition) is 27. The molecule has 13 aromatic rings. The molecule has 34 heteroatoms. The molecule has 2 saturated heterocycles. The van der Waals surface area contributed by atoms with Crippen molar-refractivity contribution in [2.75, 3.05) is 73.9 Å². The molecule has 1 amide bonds. The Morgan fingerprint density at radius 2 is 0.867 bits per heavy atom. The van der Waals surface area contributed by atoms with Gasteiger partial charge in [-0.3, -0.25) is 51.6 Å². The Bertz CT molecular complexity index is 6100. The van der Waals surface area contributed by atoms with Gasteiger partial charge in [0.15, 0.2) is 27.8 Å². The minimum atomic E-state index is -0.661. The predicted octanol–water partition coefficient (Wildman–Crippen LogP) is 16.4. The number of imidazole rings is 2. The number of nitrogens with two attached hydrogens (primary N) is 1. The minimum Gasteiger partial charge on any atom is -0.466 e. The van der Waals surface area contributed by atoms with Gasteiger partial charge in [0.1, 0.15) is 53.7 Å². The number of ether oxygens (including phenoxy) is 6. The van der Waals surface area contributed by atoms with Gasteiger partial charge < -0.3 is 60.7 Å². The monoisotopic (exact) mass is 1760 g/mol. The van der Waals surface area contributed by atoms with Crippen LogP contribution in [0.15, 0.2) is 185 Å². The summed E-state index contributed by atoms with van der Waals surface area (Å²) in [5.41, 5.74) is 13.5. The van der Waals surface area contributed by atoms with Gasteiger partial charge in [-0.25, -0.2) is 49.7 Å². The quantitative estimate of drug-likeness (QED) is 0.00987. The number of anilines is 4. The number of carbonyl (C=O) groups excluding carboxylic acids is 4. The maximum absolute atomic E-state index is 14.4. The summed E-state index contributed by atoms with van der Waals surface area (Å²) in [6.07, 6.45) is 16.6. The van der Waals surface area contributed by atoms with Gasteiger partial charge in [-0.05, 0) is 191 Å². The first-order valence-corrected chi connectivity index (χ1v) is 44.3. The first-order chi connectivity index (χ1) is 62.1. The Hall–Kier alpha value is -13.1. The van der Waals surface area contributed by atoms with E-state index in [9.17, 15) is 33.6 Å². The number of esters is 3. The highest BCUT2D eigenvalue weighted by molar-refractivity contribution is 6.33. The number of nitrogens with zero attached hydrogens (tertiary/aromatic N) is 14. The highest BCUT2D eigenvalue weighted by atomic mass is 35.5. The van der Waals surface area contributed by atoms with Gasteiger partial charge in [0.2, 0.25) is 0 Å². The van der Waals surface area contributed by atoms with Crippen molar-refractivity contribution in [1.29, 1.82) is 0 Å². The molecule has 5 atom stereocenters. The van der Waals surface area contributed by atoms with Crippen molar-refractivity contribution in [3.05, 3.63) is 225 Å². The number of nitrogens with one attached hydrogen (secondary N) is 5. The number of alkyl carbamates (subject to hydrolysis) is 1. The Balaban J connectivity index is 0.000000162. The number of aromatic nitrogens is 14. The summed E-state index contributed by atoms with van der Waals surface area (Å²) >= 11 is 5.94. The molecule has 7 N–H and O–H groups in total. The summed E-state index contributed by atoms with van der Waals surface area (Å²) in [6.45, 7) is 20.8. The summed E-state index contributed by atoms with van der Waals surface area (Å²) in [7, 11) is 0. The lowest BCUT2D eigenvalue weighted by atomic mass is 10.1.